The predicted molar refractivity (Wildman–Crippen MR) is 84.9 cm³/mol. The molecule has 0 N–H and O–H groups in total. The van der Waals surface area contributed by atoms with Gasteiger partial charge in [-0.2, -0.15) is 0 Å². The zero-order chi connectivity index (χ0) is 15.6. The Hall–Kier alpha value is -1.62. The molecule has 21 heavy (non-hydrogen) atoms. The van der Waals surface area contributed by atoms with Crippen molar-refractivity contribution in [1.82, 2.24) is 0 Å². The Balaban J connectivity index is 2.47. The summed E-state index contributed by atoms with van der Waals surface area (Å²) in [6.07, 6.45) is 2.41. The highest BCUT2D eigenvalue weighted by Crippen LogP contribution is 2.28. The number of amides is 1. The number of hydrogen-bond donors (Lipinski definition) is 0. The molecule has 5 heteroatoms. The molecule has 0 bridgehead atoms. The van der Waals surface area contributed by atoms with Gasteiger partial charge in [0.05, 0.1) is 11.8 Å². The summed E-state index contributed by atoms with van der Waals surface area (Å²) in [5.41, 5.74) is 1.86. The molecule has 4 nitrogen and oxygen atoms in total. The van der Waals surface area contributed by atoms with Crippen LogP contribution in [0.1, 0.15) is 26.3 Å². The van der Waals surface area contributed by atoms with E-state index in [-0.39, 0.29) is 17.6 Å². The van der Waals surface area contributed by atoms with Crippen molar-refractivity contribution in [3.05, 3.63) is 41.3 Å². The van der Waals surface area contributed by atoms with Crippen LogP contribution in [0.25, 0.3) is 0 Å². The van der Waals surface area contributed by atoms with Gasteiger partial charge in [0.1, 0.15) is 0 Å². The Morgan fingerprint density at radius 2 is 2.00 bits per heavy atom. The van der Waals surface area contributed by atoms with Crippen LogP contribution in [-0.4, -0.2) is 26.1 Å². The maximum absolute atomic E-state index is 12.6. The molecule has 0 radical (unpaired) electrons. The maximum atomic E-state index is 12.6. The molecule has 114 valence electrons. The zero-order valence-electron chi connectivity index (χ0n) is 12.6. The van der Waals surface area contributed by atoms with Gasteiger partial charge in [-0.25, -0.2) is 8.42 Å². The molecule has 0 aromatic heterocycles. The van der Waals surface area contributed by atoms with Crippen molar-refractivity contribution in [3.8, 4) is 0 Å². The smallest absolute Gasteiger partial charge is 0.230 e. The first kappa shape index (κ1) is 15.8. The van der Waals surface area contributed by atoms with Crippen molar-refractivity contribution in [2.24, 2.45) is 5.92 Å². The largest absolute Gasteiger partial charge is 0.304 e. The van der Waals surface area contributed by atoms with E-state index in [9.17, 15) is 13.2 Å². The Morgan fingerprint density at radius 1 is 1.33 bits per heavy atom. The van der Waals surface area contributed by atoms with E-state index < -0.39 is 15.9 Å². The van der Waals surface area contributed by atoms with Gasteiger partial charge in [-0.05, 0) is 24.1 Å². The van der Waals surface area contributed by atoms with Crippen LogP contribution >= 0.6 is 0 Å². The first-order chi connectivity index (χ1) is 9.85. The van der Waals surface area contributed by atoms with Crippen molar-refractivity contribution in [2.75, 3.05) is 10.7 Å². The number of para-hydroxylation sites is 1. The number of carbonyl (C=O) groups is 1. The van der Waals surface area contributed by atoms with Crippen LogP contribution in [0.3, 0.4) is 0 Å². The molecular weight excluding hydrogens is 286 g/mol. The van der Waals surface area contributed by atoms with Crippen LogP contribution < -0.4 is 4.90 Å². The molecule has 1 amide bonds. The lowest BCUT2D eigenvalue weighted by Gasteiger charge is -2.31. The van der Waals surface area contributed by atoms with E-state index in [2.05, 4.69) is 0 Å². The summed E-state index contributed by atoms with van der Waals surface area (Å²) >= 11 is 0. The molecule has 1 aliphatic rings. The molecule has 0 saturated carbocycles. The van der Waals surface area contributed by atoms with E-state index in [0.717, 1.165) is 17.7 Å². The van der Waals surface area contributed by atoms with Crippen LogP contribution in [-0.2, 0) is 21.1 Å². The third-order valence-electron chi connectivity index (χ3n) is 3.61. The number of nitrogens with zero attached hydrogens (tertiary/aromatic N) is 1. The van der Waals surface area contributed by atoms with Gasteiger partial charge in [0.2, 0.25) is 5.91 Å². The summed E-state index contributed by atoms with van der Waals surface area (Å²) < 4.78 is 23.4. The average Bonchev–Trinajstić information content (AvgIpc) is 2.79. The fourth-order valence-electron chi connectivity index (χ4n) is 2.50. The monoisotopic (exact) mass is 307 g/mol. The Bertz CT molecular complexity index is 662. The summed E-state index contributed by atoms with van der Waals surface area (Å²) in [6.45, 7) is 5.69. The lowest BCUT2D eigenvalue weighted by molar-refractivity contribution is -0.121. The summed E-state index contributed by atoms with van der Waals surface area (Å²) in [5, 5.41) is 1.22. The minimum atomic E-state index is -3.20. The quantitative estimate of drug-likeness (QED) is 0.859. The van der Waals surface area contributed by atoms with E-state index in [4.69, 9.17) is 0 Å². The maximum Gasteiger partial charge on any atom is 0.230 e. The lowest BCUT2D eigenvalue weighted by Crippen LogP contribution is -2.43. The molecule has 1 aromatic rings. The van der Waals surface area contributed by atoms with E-state index in [1.165, 1.54) is 5.41 Å². The number of carbonyl (C=O) groups excluding carboxylic acids is 1. The van der Waals surface area contributed by atoms with Crippen molar-refractivity contribution in [1.29, 1.82) is 0 Å². The molecule has 0 fully saturated rings. The number of benzene rings is 1. The number of aryl methyl sites for hydroxylation is 1. The van der Waals surface area contributed by atoms with Gasteiger partial charge in [0, 0.05) is 17.0 Å². The number of rotatable bonds is 4. The predicted octanol–water partition coefficient (Wildman–Crippen LogP) is 2.55. The molecule has 1 aromatic carbocycles. The lowest BCUT2D eigenvalue weighted by atomic mass is 10.1. The molecule has 2 rings (SSSR count). The molecule has 1 unspecified atom stereocenters. The first-order valence-electron chi connectivity index (χ1n) is 7.17. The normalized spacial score (nSPS) is 19.9. The number of hydrogen-bond acceptors (Lipinski definition) is 3. The average molecular weight is 307 g/mol. The second-order valence-electron chi connectivity index (χ2n) is 5.57. The van der Waals surface area contributed by atoms with Crippen LogP contribution in [0.4, 0.5) is 5.69 Å². The van der Waals surface area contributed by atoms with Crippen LogP contribution in [0.2, 0.25) is 0 Å². The van der Waals surface area contributed by atoms with Crippen LogP contribution in [0.5, 0.6) is 0 Å². The summed E-state index contributed by atoms with van der Waals surface area (Å²) in [5.74, 6) is -0.280. The fraction of sp³-hybridized carbons (Fsp3) is 0.438. The molecular formula is C16H21NO3S. The van der Waals surface area contributed by atoms with E-state index >= 15 is 0 Å². The highest BCUT2D eigenvalue weighted by Gasteiger charge is 2.33. The highest BCUT2D eigenvalue weighted by molar-refractivity contribution is 7.94. The minimum absolute atomic E-state index is 0.0382. The van der Waals surface area contributed by atoms with E-state index in [0.29, 0.717) is 0 Å². The van der Waals surface area contributed by atoms with Gasteiger partial charge in [-0.15, -0.1) is 0 Å². The third kappa shape index (κ3) is 3.35. The topological polar surface area (TPSA) is 54.5 Å². The second kappa shape index (κ2) is 6.02. The van der Waals surface area contributed by atoms with Gasteiger partial charge in [0.15, 0.2) is 9.84 Å². The second-order valence-corrected chi connectivity index (χ2v) is 7.50. The zero-order valence-corrected chi connectivity index (χ0v) is 13.4. The van der Waals surface area contributed by atoms with Gasteiger partial charge in [0.25, 0.3) is 0 Å². The van der Waals surface area contributed by atoms with Gasteiger partial charge in [-0.1, -0.05) is 39.0 Å². The molecule has 1 aliphatic heterocycles. The minimum Gasteiger partial charge on any atom is -0.304 e. The first-order valence-corrected chi connectivity index (χ1v) is 8.89. The van der Waals surface area contributed by atoms with Crippen molar-refractivity contribution < 1.29 is 13.2 Å². The third-order valence-corrected chi connectivity index (χ3v) is 4.98. The van der Waals surface area contributed by atoms with Crippen molar-refractivity contribution >= 4 is 21.4 Å². The van der Waals surface area contributed by atoms with Crippen LogP contribution in [0.15, 0.2) is 35.7 Å². The summed E-state index contributed by atoms with van der Waals surface area (Å²) in [6, 6.07) is 7.25. The standard InChI is InChI=1S/C16H21NO3S/c1-4-13-7-5-6-8-15(13)17(16(18)12(2)3)14-9-10-21(19,20)11-14/h5-10,12,14H,4,11H2,1-3H3. The Morgan fingerprint density at radius 3 is 2.52 bits per heavy atom. The fourth-order valence-corrected chi connectivity index (χ4v) is 3.77. The van der Waals surface area contributed by atoms with E-state index in [1.807, 2.05) is 45.0 Å². The van der Waals surface area contributed by atoms with Crippen molar-refractivity contribution in [3.63, 3.8) is 0 Å². The number of sulfone groups is 1. The van der Waals surface area contributed by atoms with Gasteiger partial charge in [-0.3, -0.25) is 4.79 Å². The highest BCUT2D eigenvalue weighted by atomic mass is 32.2. The molecule has 1 heterocycles. The van der Waals surface area contributed by atoms with E-state index in [1.54, 1.807) is 11.0 Å². The summed E-state index contributed by atoms with van der Waals surface area (Å²) in [7, 11) is -3.20. The molecule has 0 aliphatic carbocycles. The van der Waals surface area contributed by atoms with Crippen molar-refractivity contribution in [2.45, 2.75) is 33.2 Å². The Labute approximate surface area is 126 Å². The Kier molecular flexibility index (Phi) is 4.52. The van der Waals surface area contributed by atoms with Crippen LogP contribution in [0, 0.1) is 5.92 Å². The number of anilines is 1. The van der Waals surface area contributed by atoms with Gasteiger partial charge < -0.3 is 4.90 Å². The van der Waals surface area contributed by atoms with Gasteiger partial charge >= 0.3 is 0 Å². The molecule has 1 atom stereocenters. The summed E-state index contributed by atoms with van der Waals surface area (Å²) in [4.78, 5) is 14.3. The molecule has 0 saturated heterocycles. The SMILES string of the molecule is CCc1ccccc1N(C(=O)C(C)C)C1C=CS(=O)(=O)C1. The molecule has 0 spiro atoms.